The zero-order valence-corrected chi connectivity index (χ0v) is 45.6. The molecular formula is C42H16N14S14. The van der Waals surface area contributed by atoms with Crippen molar-refractivity contribution in [3.8, 4) is 139 Å². The lowest BCUT2D eigenvalue weighted by Gasteiger charge is -1.91. The van der Waals surface area contributed by atoms with Gasteiger partial charge < -0.3 is 0 Å². The van der Waals surface area contributed by atoms with Crippen molar-refractivity contribution in [2.45, 2.75) is 0 Å². The molecule has 0 unspecified atom stereocenters. The van der Waals surface area contributed by atoms with Crippen LogP contribution in [0.4, 0.5) is 0 Å². The van der Waals surface area contributed by atoms with Gasteiger partial charge in [0.1, 0.15) is 139 Å². The quantitative estimate of drug-likeness (QED) is 0.106. The van der Waals surface area contributed by atoms with Crippen molar-refractivity contribution in [3.63, 3.8) is 0 Å². The van der Waals surface area contributed by atoms with Crippen molar-refractivity contribution in [1.29, 1.82) is 0 Å². The van der Waals surface area contributed by atoms with Crippen LogP contribution in [0.5, 0.6) is 0 Å². The van der Waals surface area contributed by atoms with Gasteiger partial charge in [-0.1, -0.05) is 0 Å². The van der Waals surface area contributed by atoms with Crippen LogP contribution >= 0.6 is 159 Å². The van der Waals surface area contributed by atoms with E-state index in [1.165, 1.54) is 0 Å². The Morgan fingerprint density at radius 3 is 0.600 bits per heavy atom. The first-order chi connectivity index (χ1) is 34.6. The molecule has 0 aliphatic rings. The second-order valence-corrected chi connectivity index (χ2v) is 26.1. The summed E-state index contributed by atoms with van der Waals surface area (Å²) >= 11 is 21.8. The fourth-order valence-electron chi connectivity index (χ4n) is 6.54. The van der Waals surface area contributed by atoms with Crippen LogP contribution < -0.4 is 0 Å². The Bertz CT molecular complexity index is 3820. The van der Waals surface area contributed by atoms with Gasteiger partial charge in [-0.2, -0.15) is 0 Å². The average Bonchev–Trinajstić information content (AvgIpc) is 4.23. The van der Waals surface area contributed by atoms with Crippen molar-refractivity contribution >= 4 is 159 Å². The van der Waals surface area contributed by atoms with Gasteiger partial charge in [0.05, 0.1) is 5.51 Å². The smallest absolute Gasteiger partial charge is 0.143 e. The fraction of sp³-hybridized carbons (Fsp3) is 0. The van der Waals surface area contributed by atoms with Crippen molar-refractivity contribution in [2.24, 2.45) is 0 Å². The predicted octanol–water partition coefficient (Wildman–Crippen LogP) is 15.7. The summed E-state index contributed by atoms with van der Waals surface area (Å²) in [6.07, 6.45) is 1.79. The predicted molar refractivity (Wildman–Crippen MR) is 297 cm³/mol. The van der Waals surface area contributed by atoms with E-state index in [-0.39, 0.29) is 0 Å². The lowest BCUT2D eigenvalue weighted by molar-refractivity contribution is 1.28. The number of hydrogen-bond donors (Lipinski definition) is 0. The van der Waals surface area contributed by atoms with Crippen molar-refractivity contribution < 1.29 is 0 Å². The summed E-state index contributed by atoms with van der Waals surface area (Å²) in [6, 6.07) is 0. The number of nitrogens with zero attached hydrogens (tertiary/aromatic N) is 14. The Morgan fingerprint density at radius 1 is 0.200 bits per heavy atom. The van der Waals surface area contributed by atoms with Gasteiger partial charge in [0.2, 0.25) is 0 Å². The minimum absolute atomic E-state index is 0.808. The summed E-state index contributed by atoms with van der Waals surface area (Å²) in [5.74, 6) is 0. The molecule has 14 aromatic rings. The fourth-order valence-corrected chi connectivity index (χ4v) is 17.8. The SMILES string of the molecule is c1csc(-c2csc(-c3csc(-c4csc(-c5csc(-c6csc(-c7csc(-c8csc(-c9csc(-c%10csc(-c%11csc(-c%12csc(-c%13csc(-c%14cscn%14)n%13)n%12)n%11)n%10)n9)n8)n7)n6)n5)n4)n3)n2)n1. The highest BCUT2D eigenvalue weighted by Crippen LogP contribution is 2.41. The Morgan fingerprint density at radius 2 is 0.414 bits per heavy atom. The summed E-state index contributed by atoms with van der Waals surface area (Å²) in [7, 11) is 0. The highest BCUT2D eigenvalue weighted by molar-refractivity contribution is 7.20. The molecule has 0 bridgehead atoms. The van der Waals surface area contributed by atoms with Gasteiger partial charge in [0.25, 0.3) is 0 Å². The first-order valence-corrected chi connectivity index (χ1v) is 32.2. The highest BCUT2D eigenvalue weighted by Gasteiger charge is 2.21. The third kappa shape index (κ3) is 8.42. The molecule has 0 aliphatic heterocycles. The van der Waals surface area contributed by atoms with Crippen LogP contribution in [0.15, 0.2) is 87.0 Å². The van der Waals surface area contributed by atoms with Gasteiger partial charge in [0, 0.05) is 81.5 Å². The van der Waals surface area contributed by atoms with Crippen LogP contribution in [0.1, 0.15) is 0 Å². The third-order valence-corrected chi connectivity index (χ3v) is 21.5. The molecule has 70 heavy (non-hydrogen) atoms. The lowest BCUT2D eigenvalue weighted by atomic mass is 10.4. The van der Waals surface area contributed by atoms with Gasteiger partial charge in [-0.15, -0.1) is 159 Å². The molecule has 0 N–H and O–H groups in total. The Balaban J connectivity index is 0.619. The molecule has 0 saturated heterocycles. The monoisotopic (exact) mass is 1160 g/mol. The Hall–Kier alpha value is -5.18. The zero-order valence-electron chi connectivity index (χ0n) is 34.2. The van der Waals surface area contributed by atoms with Crippen molar-refractivity contribution in [2.75, 3.05) is 0 Å². The van der Waals surface area contributed by atoms with Crippen LogP contribution in [0.25, 0.3) is 139 Å². The van der Waals surface area contributed by atoms with E-state index in [0.29, 0.717) is 0 Å². The molecule has 0 radical (unpaired) electrons. The zero-order chi connectivity index (χ0) is 46.1. The first kappa shape index (κ1) is 43.6. The molecule has 14 nitrogen and oxygen atoms in total. The first-order valence-electron chi connectivity index (χ1n) is 19.9. The molecular weight excluding hydrogens is 1150 g/mol. The summed E-state index contributed by atoms with van der Waals surface area (Å²) in [5.41, 5.74) is 12.6. The van der Waals surface area contributed by atoms with Gasteiger partial charge >= 0.3 is 0 Å². The summed E-state index contributed by atoms with van der Waals surface area (Å²) < 4.78 is 0. The van der Waals surface area contributed by atoms with E-state index in [2.05, 4.69) is 9.97 Å². The lowest BCUT2D eigenvalue weighted by Crippen LogP contribution is -1.83. The van der Waals surface area contributed by atoms with Gasteiger partial charge in [-0.25, -0.2) is 69.8 Å². The van der Waals surface area contributed by atoms with Gasteiger partial charge in [-0.05, 0) is 0 Å². The molecule has 14 rings (SSSR count). The van der Waals surface area contributed by atoms with Crippen LogP contribution in [0, 0.1) is 0 Å². The van der Waals surface area contributed by atoms with E-state index >= 15 is 0 Å². The Kier molecular flexibility index (Phi) is 11.5. The number of aromatic nitrogens is 14. The molecule has 0 aliphatic carbocycles. The maximum absolute atomic E-state index is 4.95. The second kappa shape index (κ2) is 18.5. The molecule has 0 atom stereocenters. The van der Waals surface area contributed by atoms with E-state index in [1.54, 1.807) is 165 Å². The minimum Gasteiger partial charge on any atom is -0.243 e. The molecule has 0 fully saturated rings. The standard InChI is InChI=1S/C42H16N14S14/c1-2-58-30(43-1)18-4-60-32(45-18)20-6-62-34(47-20)22-8-64-36(49-22)24-10-66-38(51-24)26-12-68-40(53-26)28-14-70-42(55-28)29-15-69-41(56-29)27-13-67-39(54-27)25-11-65-37(52-25)23-9-63-35(50-23)21-7-61-33(48-21)19-5-59-31(46-19)17-3-57-16-44-17/h1-16H. The van der Waals surface area contributed by atoms with Crippen LogP contribution in [0.3, 0.4) is 0 Å². The number of hydrogen-bond acceptors (Lipinski definition) is 28. The molecule has 14 aromatic heterocycles. The van der Waals surface area contributed by atoms with E-state index in [4.69, 9.17) is 59.8 Å². The van der Waals surface area contributed by atoms with E-state index in [0.717, 1.165) is 139 Å². The van der Waals surface area contributed by atoms with E-state index in [9.17, 15) is 0 Å². The summed E-state index contributed by atoms with van der Waals surface area (Å²) in [6.45, 7) is 0. The second-order valence-electron chi connectivity index (χ2n) is 14.2. The molecule has 338 valence electrons. The molecule has 0 amide bonds. The van der Waals surface area contributed by atoms with Crippen LogP contribution in [0.2, 0.25) is 0 Å². The van der Waals surface area contributed by atoms with Gasteiger partial charge in [-0.3, -0.25) is 0 Å². The highest BCUT2D eigenvalue weighted by atomic mass is 32.1. The van der Waals surface area contributed by atoms with E-state index < -0.39 is 0 Å². The normalized spacial score (nSPS) is 11.7. The summed E-state index contributed by atoms with van der Waals surface area (Å²) in [4.78, 5) is 67.5. The van der Waals surface area contributed by atoms with Crippen LogP contribution in [-0.4, -0.2) is 69.8 Å². The van der Waals surface area contributed by atoms with Gasteiger partial charge in [0.15, 0.2) is 0 Å². The number of thiazole rings is 14. The molecule has 0 saturated carbocycles. The molecule has 0 aromatic carbocycles. The largest absolute Gasteiger partial charge is 0.243 e. The number of rotatable bonds is 13. The Labute approximate surface area is 449 Å². The molecule has 14 heterocycles. The topological polar surface area (TPSA) is 180 Å². The molecule has 28 heteroatoms. The van der Waals surface area contributed by atoms with E-state index in [1.807, 2.05) is 80.8 Å². The summed E-state index contributed by atoms with van der Waals surface area (Å²) in [5, 5.41) is 39.3. The minimum atomic E-state index is 0.808. The van der Waals surface area contributed by atoms with Crippen molar-refractivity contribution in [1.82, 2.24) is 69.8 Å². The third-order valence-electron chi connectivity index (χ3n) is 9.76. The maximum atomic E-state index is 4.95. The average molecular weight is 1170 g/mol. The van der Waals surface area contributed by atoms with Crippen LogP contribution in [-0.2, 0) is 0 Å². The maximum Gasteiger partial charge on any atom is 0.143 e. The molecule has 0 spiro atoms. The van der Waals surface area contributed by atoms with Crippen molar-refractivity contribution in [3.05, 3.63) is 87.0 Å².